The van der Waals surface area contributed by atoms with Crippen LogP contribution in [0.5, 0.6) is 0 Å². The van der Waals surface area contributed by atoms with Crippen molar-refractivity contribution in [1.29, 1.82) is 0 Å². The lowest BCUT2D eigenvalue weighted by molar-refractivity contribution is 0.342. The first kappa shape index (κ1) is 13.3. The smallest absolute Gasteiger partial charge is 0.312 e. The van der Waals surface area contributed by atoms with Crippen molar-refractivity contribution < 1.29 is 0 Å². The summed E-state index contributed by atoms with van der Waals surface area (Å²) in [6.07, 6.45) is 3.19. The molecule has 1 N–H and O–H groups in total. The maximum atomic E-state index is 12.2. The molecule has 0 fully saturated rings. The summed E-state index contributed by atoms with van der Waals surface area (Å²) < 4.78 is 3.49. The summed E-state index contributed by atoms with van der Waals surface area (Å²) in [7, 11) is 0. The van der Waals surface area contributed by atoms with E-state index in [-0.39, 0.29) is 5.69 Å². The second-order valence-corrected chi connectivity index (χ2v) is 5.40. The van der Waals surface area contributed by atoms with Gasteiger partial charge in [0, 0.05) is 19.0 Å². The lowest BCUT2D eigenvalue weighted by Gasteiger charge is -2.20. The highest BCUT2D eigenvalue weighted by atomic mass is 16.2. The van der Waals surface area contributed by atoms with E-state index in [1.807, 2.05) is 4.57 Å². The first-order valence-electron chi connectivity index (χ1n) is 7.03. The fourth-order valence-corrected chi connectivity index (χ4v) is 2.53. The number of nitrogens with zero attached hydrogens (tertiary/aromatic N) is 3. The Bertz CT molecular complexity index is 446. The van der Waals surface area contributed by atoms with Gasteiger partial charge in [-0.1, -0.05) is 20.8 Å². The van der Waals surface area contributed by atoms with Crippen molar-refractivity contribution in [2.24, 2.45) is 5.92 Å². The molecule has 18 heavy (non-hydrogen) atoms. The number of hydrogen-bond donors (Lipinski definition) is 1. The maximum absolute atomic E-state index is 12.2. The molecule has 1 atom stereocenters. The van der Waals surface area contributed by atoms with Gasteiger partial charge in [0.15, 0.2) is 0 Å². The van der Waals surface area contributed by atoms with E-state index in [9.17, 15) is 4.79 Å². The summed E-state index contributed by atoms with van der Waals surface area (Å²) in [6, 6.07) is 0.310. The van der Waals surface area contributed by atoms with E-state index in [0.29, 0.717) is 18.5 Å². The van der Waals surface area contributed by atoms with Crippen molar-refractivity contribution in [3.05, 3.63) is 16.3 Å². The summed E-state index contributed by atoms with van der Waals surface area (Å²) in [5.41, 5.74) is 0.0632. The molecule has 1 aliphatic heterocycles. The standard InChI is InChI=1S/C13H24N4O/c1-4-14-11(10(2)3)9-17-13(18)16-8-6-5-7-12(16)15-17/h10-11,14H,4-9H2,1-3H3. The van der Waals surface area contributed by atoms with Crippen molar-refractivity contribution in [3.63, 3.8) is 0 Å². The Morgan fingerprint density at radius 3 is 2.78 bits per heavy atom. The second-order valence-electron chi connectivity index (χ2n) is 5.40. The fraction of sp³-hybridized carbons (Fsp3) is 0.846. The Morgan fingerprint density at radius 1 is 1.39 bits per heavy atom. The molecule has 2 heterocycles. The van der Waals surface area contributed by atoms with Gasteiger partial charge in [-0.25, -0.2) is 9.48 Å². The summed E-state index contributed by atoms with van der Waals surface area (Å²) in [4.78, 5) is 12.2. The number of likely N-dealkylation sites (N-methyl/N-ethyl adjacent to an activating group) is 1. The maximum Gasteiger partial charge on any atom is 0.345 e. The highest BCUT2D eigenvalue weighted by Gasteiger charge is 2.20. The number of aromatic nitrogens is 3. The van der Waals surface area contributed by atoms with Crippen LogP contribution in [0.2, 0.25) is 0 Å². The third kappa shape index (κ3) is 2.66. The molecule has 0 saturated carbocycles. The molecule has 0 aromatic carbocycles. The fourth-order valence-electron chi connectivity index (χ4n) is 2.53. The van der Waals surface area contributed by atoms with Crippen LogP contribution >= 0.6 is 0 Å². The van der Waals surface area contributed by atoms with Crippen LogP contribution in [0.4, 0.5) is 0 Å². The lowest BCUT2D eigenvalue weighted by Crippen LogP contribution is -2.40. The monoisotopic (exact) mass is 252 g/mol. The van der Waals surface area contributed by atoms with Gasteiger partial charge in [0.05, 0.1) is 6.54 Å². The van der Waals surface area contributed by atoms with E-state index in [1.165, 1.54) is 0 Å². The highest BCUT2D eigenvalue weighted by molar-refractivity contribution is 4.92. The van der Waals surface area contributed by atoms with E-state index in [2.05, 4.69) is 31.2 Å². The third-order valence-corrected chi connectivity index (χ3v) is 3.67. The van der Waals surface area contributed by atoms with Crippen molar-refractivity contribution in [2.45, 2.75) is 59.2 Å². The molecule has 0 amide bonds. The van der Waals surface area contributed by atoms with Gasteiger partial charge >= 0.3 is 5.69 Å². The molecule has 0 spiro atoms. The number of aryl methyl sites for hydroxylation is 1. The van der Waals surface area contributed by atoms with Gasteiger partial charge in [-0.15, -0.1) is 0 Å². The van der Waals surface area contributed by atoms with Gasteiger partial charge in [-0.05, 0) is 25.3 Å². The Kier molecular flexibility index (Phi) is 4.22. The zero-order chi connectivity index (χ0) is 13.1. The highest BCUT2D eigenvalue weighted by Crippen LogP contribution is 2.10. The van der Waals surface area contributed by atoms with Crippen LogP contribution in [0, 0.1) is 5.92 Å². The van der Waals surface area contributed by atoms with Crippen molar-refractivity contribution >= 4 is 0 Å². The van der Waals surface area contributed by atoms with Gasteiger partial charge in [0.25, 0.3) is 0 Å². The summed E-state index contributed by atoms with van der Waals surface area (Å²) in [5, 5.41) is 7.91. The number of hydrogen-bond acceptors (Lipinski definition) is 3. The molecule has 0 bridgehead atoms. The SMILES string of the molecule is CCNC(Cn1nc2n(c1=O)CCCC2)C(C)C. The molecule has 2 rings (SSSR count). The van der Waals surface area contributed by atoms with Crippen LogP contribution in [-0.4, -0.2) is 26.9 Å². The molecular weight excluding hydrogens is 228 g/mol. The molecule has 0 radical (unpaired) electrons. The topological polar surface area (TPSA) is 51.9 Å². The van der Waals surface area contributed by atoms with Crippen LogP contribution in [0.3, 0.4) is 0 Å². The Morgan fingerprint density at radius 2 is 2.17 bits per heavy atom. The average Bonchev–Trinajstić information content (AvgIpc) is 2.66. The van der Waals surface area contributed by atoms with E-state index in [1.54, 1.807) is 4.68 Å². The lowest BCUT2D eigenvalue weighted by atomic mass is 10.0. The predicted octanol–water partition coefficient (Wildman–Crippen LogP) is 1.02. The molecule has 5 nitrogen and oxygen atoms in total. The predicted molar refractivity (Wildman–Crippen MR) is 71.7 cm³/mol. The summed E-state index contributed by atoms with van der Waals surface area (Å²) in [6.45, 7) is 8.87. The van der Waals surface area contributed by atoms with Crippen molar-refractivity contribution in [1.82, 2.24) is 19.7 Å². The molecule has 102 valence electrons. The molecule has 5 heteroatoms. The van der Waals surface area contributed by atoms with Crippen LogP contribution < -0.4 is 11.0 Å². The van der Waals surface area contributed by atoms with E-state index in [4.69, 9.17) is 0 Å². The zero-order valence-corrected chi connectivity index (χ0v) is 11.6. The Labute approximate surface area is 108 Å². The molecule has 1 aromatic rings. The minimum Gasteiger partial charge on any atom is -0.312 e. The van der Waals surface area contributed by atoms with Crippen LogP contribution in [0.15, 0.2) is 4.79 Å². The Hall–Kier alpha value is -1.10. The van der Waals surface area contributed by atoms with Gasteiger partial charge in [-0.2, -0.15) is 5.10 Å². The Balaban J connectivity index is 2.18. The first-order valence-corrected chi connectivity index (χ1v) is 7.03. The van der Waals surface area contributed by atoms with E-state index < -0.39 is 0 Å². The second kappa shape index (κ2) is 5.69. The molecular formula is C13H24N4O. The molecule has 1 aromatic heterocycles. The van der Waals surface area contributed by atoms with E-state index in [0.717, 1.165) is 38.2 Å². The van der Waals surface area contributed by atoms with Gasteiger partial charge in [0.1, 0.15) is 5.82 Å². The number of nitrogens with one attached hydrogen (secondary N) is 1. The first-order chi connectivity index (χ1) is 8.63. The van der Waals surface area contributed by atoms with Crippen molar-refractivity contribution in [2.75, 3.05) is 6.54 Å². The van der Waals surface area contributed by atoms with Crippen LogP contribution in [0.1, 0.15) is 39.4 Å². The van der Waals surface area contributed by atoms with Crippen LogP contribution in [-0.2, 0) is 19.5 Å². The average molecular weight is 252 g/mol. The molecule has 1 aliphatic rings. The normalized spacial score (nSPS) is 16.9. The third-order valence-electron chi connectivity index (χ3n) is 3.67. The summed E-state index contributed by atoms with van der Waals surface area (Å²) >= 11 is 0. The van der Waals surface area contributed by atoms with Crippen LogP contribution in [0.25, 0.3) is 0 Å². The minimum absolute atomic E-state index is 0.0632. The largest absolute Gasteiger partial charge is 0.345 e. The van der Waals surface area contributed by atoms with Gasteiger partial charge in [-0.3, -0.25) is 4.57 Å². The van der Waals surface area contributed by atoms with E-state index >= 15 is 0 Å². The number of fused-ring (bicyclic) bond motifs is 1. The molecule has 0 saturated heterocycles. The number of rotatable bonds is 5. The molecule has 0 aliphatic carbocycles. The van der Waals surface area contributed by atoms with Crippen molar-refractivity contribution in [3.8, 4) is 0 Å². The minimum atomic E-state index is 0.0632. The zero-order valence-electron chi connectivity index (χ0n) is 11.6. The molecule has 1 unspecified atom stereocenters. The van der Waals surface area contributed by atoms with Gasteiger partial charge < -0.3 is 5.32 Å². The quantitative estimate of drug-likeness (QED) is 0.851. The summed E-state index contributed by atoms with van der Waals surface area (Å²) in [5.74, 6) is 1.46. The van der Waals surface area contributed by atoms with Gasteiger partial charge in [0.2, 0.25) is 0 Å².